The average molecular weight is 694 g/mol. The molecule has 0 spiro atoms. The molecule has 2 saturated heterocycles. The number of piperazine rings is 1. The number of ether oxygens (including phenoxy) is 1. The number of hydrogen-bond donors (Lipinski definition) is 3. The number of aromatic nitrogens is 2. The van der Waals surface area contributed by atoms with Gasteiger partial charge in [0.05, 0.1) is 30.1 Å². The summed E-state index contributed by atoms with van der Waals surface area (Å²) in [4.78, 5) is 26.5. The van der Waals surface area contributed by atoms with Crippen molar-refractivity contribution in [2.24, 2.45) is 28.2 Å². The topological polar surface area (TPSA) is 95.8 Å². The minimum Gasteiger partial charge on any atom is -0.497 e. The fraction of sp³-hybridized carbons (Fsp3) is 0.605. The number of nitrogens with one attached hydrogen (secondary N) is 3. The predicted octanol–water partition coefficient (Wildman–Crippen LogP) is 5.63. The van der Waals surface area contributed by atoms with E-state index < -0.39 is 12.5 Å². The number of guanidine groups is 1. The van der Waals surface area contributed by atoms with E-state index >= 15 is 0 Å². The summed E-state index contributed by atoms with van der Waals surface area (Å²) in [6.07, 6.45) is 1.75. The minimum absolute atomic E-state index is 0.0819. The van der Waals surface area contributed by atoms with E-state index in [1.54, 1.807) is 22.8 Å². The lowest BCUT2D eigenvalue weighted by Crippen LogP contribution is -2.58. The molecule has 50 heavy (non-hydrogen) atoms. The lowest BCUT2D eigenvalue weighted by molar-refractivity contribution is -0.108. The van der Waals surface area contributed by atoms with E-state index in [-0.39, 0.29) is 29.9 Å². The molecule has 3 aromatic rings. The SMILES string of the molecule is COc1ccc(CCn2c(C3CCNCC3)nc3cc(NC(=N[C@H]4C[C@H]5C[C@@H]([C@@H]4C)C5(C)C)N4CCN[C@@H](C(F)F)C4)ccc3c2=O)c(F)c1. The van der Waals surface area contributed by atoms with Crippen LogP contribution in [-0.4, -0.2) is 78.8 Å². The van der Waals surface area contributed by atoms with Crippen LogP contribution < -0.4 is 26.2 Å². The molecule has 0 radical (unpaired) electrons. The van der Waals surface area contributed by atoms with Crippen molar-refractivity contribution in [3.05, 3.63) is 64.0 Å². The first-order valence-electron chi connectivity index (χ1n) is 18.2. The van der Waals surface area contributed by atoms with Gasteiger partial charge in [0.1, 0.15) is 17.4 Å². The number of benzene rings is 2. The second-order valence-corrected chi connectivity index (χ2v) is 15.3. The molecule has 5 fully saturated rings. The van der Waals surface area contributed by atoms with Crippen LogP contribution in [0.1, 0.15) is 63.8 Å². The molecule has 2 aromatic carbocycles. The molecule has 1 aromatic heterocycles. The summed E-state index contributed by atoms with van der Waals surface area (Å²) in [6.45, 7) is 10.1. The molecule has 8 rings (SSSR count). The van der Waals surface area contributed by atoms with Gasteiger partial charge in [-0.1, -0.05) is 26.8 Å². The maximum absolute atomic E-state index is 14.9. The Balaban J connectivity index is 1.21. The van der Waals surface area contributed by atoms with Crippen LogP contribution >= 0.6 is 0 Å². The van der Waals surface area contributed by atoms with Crippen molar-refractivity contribution in [2.75, 3.05) is 45.2 Å². The molecule has 3 saturated carbocycles. The number of hydrogen-bond acceptors (Lipinski definition) is 6. The predicted molar refractivity (Wildman–Crippen MR) is 191 cm³/mol. The summed E-state index contributed by atoms with van der Waals surface area (Å²) >= 11 is 0. The summed E-state index contributed by atoms with van der Waals surface area (Å²) in [7, 11) is 1.50. The van der Waals surface area contributed by atoms with Gasteiger partial charge in [-0.05, 0) is 98.2 Å². The Kier molecular flexibility index (Phi) is 9.86. The molecule has 2 bridgehead atoms. The highest BCUT2D eigenvalue weighted by Crippen LogP contribution is 2.61. The number of fused-ring (bicyclic) bond motifs is 3. The zero-order chi connectivity index (χ0) is 35.2. The highest BCUT2D eigenvalue weighted by molar-refractivity contribution is 5.96. The minimum atomic E-state index is -2.48. The van der Waals surface area contributed by atoms with E-state index in [0.29, 0.717) is 88.9 Å². The number of alkyl halides is 2. The zero-order valence-corrected chi connectivity index (χ0v) is 29.5. The Labute approximate surface area is 292 Å². The zero-order valence-electron chi connectivity index (χ0n) is 29.5. The molecular weight excluding hydrogens is 643 g/mol. The van der Waals surface area contributed by atoms with E-state index in [9.17, 15) is 18.0 Å². The van der Waals surface area contributed by atoms with E-state index in [2.05, 4.69) is 36.7 Å². The highest BCUT2D eigenvalue weighted by Gasteiger charge is 2.56. The molecule has 12 heteroatoms. The number of methoxy groups -OCH3 is 1. The third-order valence-corrected chi connectivity index (χ3v) is 12.2. The van der Waals surface area contributed by atoms with Gasteiger partial charge < -0.3 is 25.6 Å². The third-order valence-electron chi connectivity index (χ3n) is 12.2. The number of piperidine rings is 1. The molecule has 2 aliphatic heterocycles. The summed E-state index contributed by atoms with van der Waals surface area (Å²) in [5, 5.41) is 10.3. The van der Waals surface area contributed by atoms with Gasteiger partial charge in [-0.25, -0.2) is 23.1 Å². The molecule has 3 aliphatic carbocycles. The van der Waals surface area contributed by atoms with E-state index in [0.717, 1.165) is 32.4 Å². The van der Waals surface area contributed by atoms with E-state index in [1.807, 2.05) is 17.0 Å². The van der Waals surface area contributed by atoms with Crippen LogP contribution in [0.15, 0.2) is 46.2 Å². The van der Waals surface area contributed by atoms with Crippen LogP contribution in [0.25, 0.3) is 10.9 Å². The van der Waals surface area contributed by atoms with Gasteiger partial charge in [0.2, 0.25) is 0 Å². The fourth-order valence-corrected chi connectivity index (χ4v) is 8.93. The monoisotopic (exact) mass is 693 g/mol. The molecular formula is C38H50F3N7O2. The number of aryl methyl sites for hydroxylation is 1. The van der Waals surface area contributed by atoms with Crippen molar-refractivity contribution in [1.29, 1.82) is 0 Å². The molecule has 270 valence electrons. The van der Waals surface area contributed by atoms with E-state index in [1.165, 1.54) is 19.6 Å². The lowest BCUT2D eigenvalue weighted by atomic mass is 9.45. The maximum atomic E-state index is 14.9. The molecule has 3 N–H and O–H groups in total. The summed E-state index contributed by atoms with van der Waals surface area (Å²) in [5.74, 6) is 3.06. The summed E-state index contributed by atoms with van der Waals surface area (Å²) in [5.41, 5.74) is 1.94. The third kappa shape index (κ3) is 6.73. The van der Waals surface area contributed by atoms with Gasteiger partial charge in [0, 0.05) is 43.9 Å². The van der Waals surface area contributed by atoms with Crippen LogP contribution in [0.5, 0.6) is 5.75 Å². The summed E-state index contributed by atoms with van der Waals surface area (Å²) < 4.78 is 49.5. The van der Waals surface area contributed by atoms with Crippen LogP contribution in [0.4, 0.5) is 18.9 Å². The first-order chi connectivity index (χ1) is 24.0. The highest BCUT2D eigenvalue weighted by atomic mass is 19.3. The summed E-state index contributed by atoms with van der Waals surface area (Å²) in [6, 6.07) is 9.45. The van der Waals surface area contributed by atoms with Crippen molar-refractivity contribution in [3.8, 4) is 5.75 Å². The Morgan fingerprint density at radius 2 is 1.94 bits per heavy atom. The van der Waals surface area contributed by atoms with Gasteiger partial charge in [0.15, 0.2) is 5.96 Å². The maximum Gasteiger partial charge on any atom is 0.261 e. The molecule has 0 unspecified atom stereocenters. The van der Waals surface area contributed by atoms with Crippen molar-refractivity contribution < 1.29 is 17.9 Å². The van der Waals surface area contributed by atoms with Crippen molar-refractivity contribution in [1.82, 2.24) is 25.1 Å². The quantitative estimate of drug-likeness (QED) is 0.208. The lowest BCUT2D eigenvalue weighted by Gasteiger charge is -2.61. The van der Waals surface area contributed by atoms with Crippen molar-refractivity contribution >= 4 is 22.5 Å². The number of anilines is 1. The number of nitrogens with zero attached hydrogens (tertiary/aromatic N) is 4. The van der Waals surface area contributed by atoms with Gasteiger partial charge in [-0.15, -0.1) is 0 Å². The molecule has 5 atom stereocenters. The largest absolute Gasteiger partial charge is 0.497 e. The van der Waals surface area contributed by atoms with Gasteiger partial charge in [-0.3, -0.25) is 9.36 Å². The molecule has 9 nitrogen and oxygen atoms in total. The van der Waals surface area contributed by atoms with Crippen LogP contribution in [0.2, 0.25) is 0 Å². The van der Waals surface area contributed by atoms with Gasteiger partial charge in [0.25, 0.3) is 12.0 Å². The standard InChI is InChI=1S/C38H50F3N7O2/c1-22-29-17-25(38(29,2)3)18-31(22)46-37(47-16-14-43-33(21-47)34(40)41)44-26-6-8-28-32(19-26)45-35(24-9-12-42-13-10-24)48(36(28)49)15-11-23-5-7-27(50-4)20-30(23)39/h5-8,19-20,22,24-25,29,31,33-34,42-43H,9-18,21H2,1-4H3,(H,44,46)/t22-,25+,29-,31-,33+/m0/s1. The smallest absolute Gasteiger partial charge is 0.261 e. The normalized spacial score (nSPS) is 27.0. The van der Waals surface area contributed by atoms with Gasteiger partial charge >= 0.3 is 0 Å². The number of halogens is 3. The van der Waals surface area contributed by atoms with Crippen molar-refractivity contribution in [3.63, 3.8) is 0 Å². The van der Waals surface area contributed by atoms with Gasteiger partial charge in [-0.2, -0.15) is 0 Å². The second kappa shape index (κ2) is 14.2. The number of rotatable bonds is 8. The first kappa shape index (κ1) is 34.8. The Bertz CT molecular complexity index is 1790. The molecule has 5 aliphatic rings. The molecule has 3 heterocycles. The van der Waals surface area contributed by atoms with Crippen LogP contribution in [-0.2, 0) is 13.0 Å². The first-order valence-corrected chi connectivity index (χ1v) is 18.2. The van der Waals surface area contributed by atoms with Crippen LogP contribution in [0.3, 0.4) is 0 Å². The van der Waals surface area contributed by atoms with Crippen molar-refractivity contribution in [2.45, 2.75) is 83.8 Å². The molecule has 0 amide bonds. The average Bonchev–Trinajstić information content (AvgIpc) is 3.12. The number of aliphatic imine (C=N–C) groups is 1. The Morgan fingerprint density at radius 1 is 1.14 bits per heavy atom. The Hall–Kier alpha value is -3.64. The second-order valence-electron chi connectivity index (χ2n) is 15.3. The van der Waals surface area contributed by atoms with Crippen LogP contribution in [0, 0.1) is 29.0 Å². The Morgan fingerprint density at radius 3 is 2.64 bits per heavy atom. The fourth-order valence-electron chi connectivity index (χ4n) is 8.93. The van der Waals surface area contributed by atoms with E-state index in [4.69, 9.17) is 14.7 Å².